The monoisotopic (exact) mass is 335 g/mol. The second kappa shape index (κ2) is 6.70. The van der Waals surface area contributed by atoms with Gasteiger partial charge in [0.2, 0.25) is 10.0 Å². The van der Waals surface area contributed by atoms with Crippen molar-refractivity contribution in [1.82, 2.24) is 9.71 Å². The van der Waals surface area contributed by atoms with E-state index in [1.54, 1.807) is 0 Å². The largest absolute Gasteiger partial charge is 0.298 e. The van der Waals surface area contributed by atoms with Crippen molar-refractivity contribution in [3.05, 3.63) is 40.9 Å². The first-order valence-electron chi connectivity index (χ1n) is 6.19. The van der Waals surface area contributed by atoms with Gasteiger partial charge in [-0.2, -0.15) is 4.72 Å². The van der Waals surface area contributed by atoms with E-state index in [4.69, 9.17) is 6.42 Å². The van der Waals surface area contributed by atoms with Gasteiger partial charge in [0.15, 0.2) is 5.13 Å². The molecule has 0 aliphatic rings. The number of carbonyl (C=O) groups is 1. The molecule has 0 saturated heterocycles. The Balaban J connectivity index is 2.11. The average Bonchev–Trinajstić information content (AvgIpc) is 2.90. The molecule has 0 fully saturated rings. The summed E-state index contributed by atoms with van der Waals surface area (Å²) < 4.78 is 25.9. The fourth-order valence-corrected chi connectivity index (χ4v) is 3.20. The zero-order valence-electron chi connectivity index (χ0n) is 11.7. The van der Waals surface area contributed by atoms with Crippen molar-refractivity contribution in [3.63, 3.8) is 0 Å². The molecule has 2 N–H and O–H groups in total. The molecule has 0 saturated carbocycles. The Hall–Kier alpha value is -2.21. The summed E-state index contributed by atoms with van der Waals surface area (Å²) in [5.41, 5.74) is 1.16. The highest BCUT2D eigenvalue weighted by Crippen LogP contribution is 2.16. The number of anilines is 1. The van der Waals surface area contributed by atoms with E-state index in [0.717, 1.165) is 5.69 Å². The predicted octanol–water partition coefficient (Wildman–Crippen LogP) is 1.62. The number of sulfonamides is 1. The van der Waals surface area contributed by atoms with Gasteiger partial charge in [-0.25, -0.2) is 13.4 Å². The lowest BCUT2D eigenvalue weighted by Gasteiger charge is -2.05. The molecule has 8 heteroatoms. The highest BCUT2D eigenvalue weighted by Gasteiger charge is 2.14. The number of aromatic nitrogens is 1. The topological polar surface area (TPSA) is 88.2 Å². The molecule has 6 nitrogen and oxygen atoms in total. The van der Waals surface area contributed by atoms with Crippen molar-refractivity contribution < 1.29 is 13.2 Å². The number of carbonyl (C=O) groups excluding carboxylic acids is 1. The number of hydrogen-bond acceptors (Lipinski definition) is 5. The molecule has 0 aliphatic heterocycles. The zero-order chi connectivity index (χ0) is 16.2. The number of thiazole rings is 1. The summed E-state index contributed by atoms with van der Waals surface area (Å²) in [5.74, 6) is 1.84. The van der Waals surface area contributed by atoms with Crippen molar-refractivity contribution in [2.75, 3.05) is 11.9 Å². The van der Waals surface area contributed by atoms with E-state index in [1.807, 2.05) is 12.3 Å². The number of nitrogens with one attached hydrogen (secondary N) is 2. The summed E-state index contributed by atoms with van der Waals surface area (Å²) in [5, 5.41) is 4.97. The van der Waals surface area contributed by atoms with Crippen LogP contribution in [0.5, 0.6) is 0 Å². The first kappa shape index (κ1) is 16.2. The minimum atomic E-state index is -3.65. The molecule has 1 heterocycles. The number of terminal acetylenes is 1. The molecular weight excluding hydrogens is 322 g/mol. The highest BCUT2D eigenvalue weighted by molar-refractivity contribution is 7.89. The summed E-state index contributed by atoms with van der Waals surface area (Å²) in [6.07, 6.45) is 5.02. The van der Waals surface area contributed by atoms with Gasteiger partial charge in [-0.1, -0.05) is 5.92 Å². The first-order valence-corrected chi connectivity index (χ1v) is 8.55. The van der Waals surface area contributed by atoms with Crippen molar-refractivity contribution in [3.8, 4) is 12.3 Å². The van der Waals surface area contributed by atoms with Gasteiger partial charge in [0.25, 0.3) is 5.91 Å². The molecule has 0 bridgehead atoms. The minimum absolute atomic E-state index is 0.0457. The second-order valence-electron chi connectivity index (χ2n) is 4.30. The Bertz CT molecular complexity index is 818. The second-order valence-corrected chi connectivity index (χ2v) is 6.93. The first-order chi connectivity index (χ1) is 10.4. The number of amides is 1. The lowest BCUT2D eigenvalue weighted by atomic mass is 10.2. The molecule has 1 amide bonds. The van der Waals surface area contributed by atoms with E-state index >= 15 is 0 Å². The average molecular weight is 335 g/mol. The molecule has 1 aromatic carbocycles. The van der Waals surface area contributed by atoms with Gasteiger partial charge in [-0.3, -0.25) is 10.1 Å². The third kappa shape index (κ3) is 3.92. The van der Waals surface area contributed by atoms with Crippen LogP contribution >= 0.6 is 11.3 Å². The maximum Gasteiger partial charge on any atom is 0.257 e. The van der Waals surface area contributed by atoms with Gasteiger partial charge < -0.3 is 0 Å². The Morgan fingerprint density at radius 2 is 2.05 bits per heavy atom. The fourth-order valence-electron chi connectivity index (χ4n) is 1.59. The van der Waals surface area contributed by atoms with E-state index in [0.29, 0.717) is 10.7 Å². The predicted molar refractivity (Wildman–Crippen MR) is 85.3 cm³/mol. The van der Waals surface area contributed by atoms with Crippen LogP contribution in [-0.4, -0.2) is 25.9 Å². The quantitative estimate of drug-likeness (QED) is 0.813. The molecular formula is C14H13N3O3S2. The molecule has 2 rings (SSSR count). The standard InChI is InChI=1S/C14H13N3O3S2/c1-3-8-15-22(19,20)12-6-4-11(5-7-12)13(18)17-14-16-10(2)9-21-14/h1,4-7,9,15H,8H2,2H3,(H,16,17,18). The maximum atomic E-state index is 12.0. The maximum absolute atomic E-state index is 12.0. The van der Waals surface area contributed by atoms with E-state index in [1.165, 1.54) is 35.6 Å². The molecule has 2 aromatic rings. The van der Waals surface area contributed by atoms with E-state index in [-0.39, 0.29) is 17.3 Å². The molecule has 0 radical (unpaired) electrons. The number of aryl methyl sites for hydroxylation is 1. The molecule has 0 aliphatic carbocycles. The minimum Gasteiger partial charge on any atom is -0.298 e. The van der Waals surface area contributed by atoms with Crippen LogP contribution in [0.15, 0.2) is 34.5 Å². The van der Waals surface area contributed by atoms with Crippen LogP contribution in [0.4, 0.5) is 5.13 Å². The summed E-state index contributed by atoms with van der Waals surface area (Å²) in [6, 6.07) is 5.56. The van der Waals surface area contributed by atoms with Gasteiger partial charge in [-0.15, -0.1) is 17.8 Å². The van der Waals surface area contributed by atoms with Crippen molar-refractivity contribution >= 4 is 32.4 Å². The lowest BCUT2D eigenvalue weighted by molar-refractivity contribution is 0.102. The van der Waals surface area contributed by atoms with Crippen molar-refractivity contribution in [1.29, 1.82) is 0 Å². The number of benzene rings is 1. The summed E-state index contributed by atoms with van der Waals surface area (Å²) in [7, 11) is -3.65. The summed E-state index contributed by atoms with van der Waals surface area (Å²) in [4.78, 5) is 16.2. The van der Waals surface area contributed by atoms with Gasteiger partial charge >= 0.3 is 0 Å². The molecule has 1 aromatic heterocycles. The fraction of sp³-hybridized carbons (Fsp3) is 0.143. The van der Waals surface area contributed by atoms with Crippen LogP contribution in [0.1, 0.15) is 16.1 Å². The normalized spacial score (nSPS) is 10.9. The van der Waals surface area contributed by atoms with Crippen LogP contribution < -0.4 is 10.0 Å². The summed E-state index contributed by atoms with van der Waals surface area (Å²) >= 11 is 1.32. The molecule has 114 valence electrons. The summed E-state index contributed by atoms with van der Waals surface area (Å²) in [6.45, 7) is 1.74. The van der Waals surface area contributed by atoms with Crippen molar-refractivity contribution in [2.24, 2.45) is 0 Å². The van der Waals surface area contributed by atoms with Gasteiger partial charge in [0.1, 0.15) is 0 Å². The van der Waals surface area contributed by atoms with Crippen LogP contribution in [0.25, 0.3) is 0 Å². The van der Waals surface area contributed by atoms with E-state index < -0.39 is 10.0 Å². The Morgan fingerprint density at radius 3 is 2.59 bits per heavy atom. The molecule has 0 unspecified atom stereocenters. The highest BCUT2D eigenvalue weighted by atomic mass is 32.2. The van der Waals surface area contributed by atoms with E-state index in [2.05, 4.69) is 20.9 Å². The van der Waals surface area contributed by atoms with Crippen molar-refractivity contribution in [2.45, 2.75) is 11.8 Å². The number of nitrogens with zero attached hydrogens (tertiary/aromatic N) is 1. The van der Waals surface area contributed by atoms with Crippen LogP contribution in [0.2, 0.25) is 0 Å². The third-order valence-corrected chi connectivity index (χ3v) is 4.92. The zero-order valence-corrected chi connectivity index (χ0v) is 13.3. The lowest BCUT2D eigenvalue weighted by Crippen LogP contribution is -2.24. The Morgan fingerprint density at radius 1 is 1.36 bits per heavy atom. The van der Waals surface area contributed by atoms with Crippen LogP contribution in [-0.2, 0) is 10.0 Å². The van der Waals surface area contributed by atoms with E-state index in [9.17, 15) is 13.2 Å². The Labute approximate surface area is 132 Å². The van der Waals surface area contributed by atoms with Gasteiger partial charge in [0.05, 0.1) is 17.1 Å². The third-order valence-electron chi connectivity index (χ3n) is 2.63. The van der Waals surface area contributed by atoms with Gasteiger partial charge in [0, 0.05) is 10.9 Å². The molecule has 0 atom stereocenters. The van der Waals surface area contributed by atoms with Crippen LogP contribution in [0, 0.1) is 19.3 Å². The van der Waals surface area contributed by atoms with Gasteiger partial charge in [-0.05, 0) is 31.2 Å². The molecule has 22 heavy (non-hydrogen) atoms. The SMILES string of the molecule is C#CCNS(=O)(=O)c1ccc(C(=O)Nc2nc(C)cs2)cc1. The van der Waals surface area contributed by atoms with Crippen LogP contribution in [0.3, 0.4) is 0 Å². The molecule has 0 spiro atoms. The Kier molecular flexibility index (Phi) is 4.92. The smallest absolute Gasteiger partial charge is 0.257 e. The number of hydrogen-bond donors (Lipinski definition) is 2. The number of rotatable bonds is 5.